The number of rotatable bonds is 5. The zero-order valence-electron chi connectivity index (χ0n) is 8.03. The second kappa shape index (κ2) is 5.48. The molecule has 1 heterocycles. The molecular formula is C9H15N3O. The van der Waals surface area contributed by atoms with E-state index in [1.807, 2.05) is 13.8 Å². The van der Waals surface area contributed by atoms with Gasteiger partial charge in [-0.3, -0.25) is 4.98 Å². The summed E-state index contributed by atoms with van der Waals surface area (Å²) in [5.41, 5.74) is 0. The maximum atomic E-state index is 5.35. The summed E-state index contributed by atoms with van der Waals surface area (Å²) in [5.74, 6) is 0.787. The van der Waals surface area contributed by atoms with Crippen molar-refractivity contribution >= 4 is 5.82 Å². The van der Waals surface area contributed by atoms with Crippen molar-refractivity contribution in [3.05, 3.63) is 18.6 Å². The molecule has 0 saturated heterocycles. The van der Waals surface area contributed by atoms with Crippen molar-refractivity contribution in [3.8, 4) is 0 Å². The lowest BCUT2D eigenvalue weighted by atomic mass is 10.5. The van der Waals surface area contributed by atoms with Gasteiger partial charge in [0.2, 0.25) is 0 Å². The normalized spacial score (nSPS) is 10.4. The largest absolute Gasteiger partial charge is 0.377 e. The summed E-state index contributed by atoms with van der Waals surface area (Å²) in [6, 6.07) is 0. The van der Waals surface area contributed by atoms with E-state index in [4.69, 9.17) is 4.74 Å². The molecule has 1 rings (SSSR count). The van der Waals surface area contributed by atoms with Gasteiger partial charge in [-0.1, -0.05) is 0 Å². The first-order chi connectivity index (χ1) is 6.29. The number of anilines is 1. The van der Waals surface area contributed by atoms with Gasteiger partial charge >= 0.3 is 0 Å². The molecule has 13 heavy (non-hydrogen) atoms. The van der Waals surface area contributed by atoms with E-state index in [0.717, 1.165) is 12.4 Å². The van der Waals surface area contributed by atoms with Crippen LogP contribution in [0.25, 0.3) is 0 Å². The monoisotopic (exact) mass is 181 g/mol. The number of nitrogens with zero attached hydrogens (tertiary/aromatic N) is 2. The summed E-state index contributed by atoms with van der Waals surface area (Å²) < 4.78 is 5.35. The summed E-state index contributed by atoms with van der Waals surface area (Å²) in [4.78, 5) is 8.00. The number of hydrogen-bond donors (Lipinski definition) is 1. The van der Waals surface area contributed by atoms with Crippen LogP contribution in [-0.4, -0.2) is 29.2 Å². The van der Waals surface area contributed by atoms with Crippen LogP contribution >= 0.6 is 0 Å². The summed E-state index contributed by atoms with van der Waals surface area (Å²) >= 11 is 0. The van der Waals surface area contributed by atoms with Crippen molar-refractivity contribution in [2.75, 3.05) is 18.5 Å². The van der Waals surface area contributed by atoms with Crippen molar-refractivity contribution in [1.82, 2.24) is 9.97 Å². The van der Waals surface area contributed by atoms with Gasteiger partial charge in [-0.05, 0) is 13.8 Å². The molecule has 1 aromatic rings. The fraction of sp³-hybridized carbons (Fsp3) is 0.556. The van der Waals surface area contributed by atoms with Crippen molar-refractivity contribution in [2.45, 2.75) is 20.0 Å². The standard InChI is InChI=1S/C9H15N3O/c1-8(2)13-6-5-12-9-7-10-3-4-11-9/h3-4,7-8H,5-6H2,1-2H3,(H,11,12). The first-order valence-corrected chi connectivity index (χ1v) is 4.40. The van der Waals surface area contributed by atoms with Gasteiger partial charge in [0.1, 0.15) is 5.82 Å². The molecule has 0 radical (unpaired) electrons. The molecule has 1 aromatic heterocycles. The molecule has 0 atom stereocenters. The Morgan fingerprint density at radius 1 is 1.46 bits per heavy atom. The topological polar surface area (TPSA) is 47.0 Å². The minimum Gasteiger partial charge on any atom is -0.377 e. The first kappa shape index (κ1) is 9.92. The van der Waals surface area contributed by atoms with E-state index < -0.39 is 0 Å². The summed E-state index contributed by atoms with van der Waals surface area (Å²) in [6.07, 6.45) is 5.28. The number of nitrogens with one attached hydrogen (secondary N) is 1. The summed E-state index contributed by atoms with van der Waals surface area (Å²) in [6.45, 7) is 5.48. The number of aromatic nitrogens is 2. The molecule has 0 aromatic carbocycles. The maximum Gasteiger partial charge on any atom is 0.144 e. The van der Waals surface area contributed by atoms with Crippen LogP contribution in [0.4, 0.5) is 5.82 Å². The third kappa shape index (κ3) is 4.42. The Morgan fingerprint density at radius 2 is 2.31 bits per heavy atom. The summed E-state index contributed by atoms with van der Waals surface area (Å²) in [7, 11) is 0. The van der Waals surface area contributed by atoms with Crippen LogP contribution in [-0.2, 0) is 4.74 Å². The highest BCUT2D eigenvalue weighted by Gasteiger charge is 1.93. The minimum atomic E-state index is 0.281. The molecule has 0 aliphatic carbocycles. The highest BCUT2D eigenvalue weighted by Crippen LogP contribution is 1.95. The molecule has 4 nitrogen and oxygen atoms in total. The Kier molecular flexibility index (Phi) is 4.18. The zero-order valence-corrected chi connectivity index (χ0v) is 8.03. The van der Waals surface area contributed by atoms with Gasteiger partial charge in [-0.2, -0.15) is 0 Å². The number of ether oxygens (including phenoxy) is 1. The quantitative estimate of drug-likeness (QED) is 0.696. The SMILES string of the molecule is CC(C)OCCNc1cnccn1. The number of hydrogen-bond acceptors (Lipinski definition) is 4. The third-order valence-corrected chi connectivity index (χ3v) is 1.42. The molecule has 0 fully saturated rings. The Labute approximate surface area is 78.4 Å². The molecule has 0 bridgehead atoms. The van der Waals surface area contributed by atoms with E-state index in [2.05, 4.69) is 15.3 Å². The lowest BCUT2D eigenvalue weighted by Crippen LogP contribution is -2.13. The Balaban J connectivity index is 2.13. The van der Waals surface area contributed by atoms with Crippen LogP contribution < -0.4 is 5.32 Å². The van der Waals surface area contributed by atoms with Gasteiger partial charge < -0.3 is 10.1 Å². The molecule has 1 N–H and O–H groups in total. The fourth-order valence-corrected chi connectivity index (χ4v) is 0.864. The van der Waals surface area contributed by atoms with Crippen LogP contribution in [0.3, 0.4) is 0 Å². The van der Waals surface area contributed by atoms with Crippen molar-refractivity contribution in [1.29, 1.82) is 0 Å². The van der Waals surface area contributed by atoms with Crippen LogP contribution in [0.2, 0.25) is 0 Å². The molecule has 0 amide bonds. The van der Waals surface area contributed by atoms with Gasteiger partial charge in [0, 0.05) is 18.9 Å². The smallest absolute Gasteiger partial charge is 0.144 e. The molecule has 72 valence electrons. The van der Waals surface area contributed by atoms with E-state index >= 15 is 0 Å². The first-order valence-electron chi connectivity index (χ1n) is 4.40. The van der Waals surface area contributed by atoms with Gasteiger partial charge in [-0.15, -0.1) is 0 Å². The van der Waals surface area contributed by atoms with E-state index in [0.29, 0.717) is 6.61 Å². The zero-order chi connectivity index (χ0) is 9.52. The van der Waals surface area contributed by atoms with E-state index in [-0.39, 0.29) is 6.10 Å². The van der Waals surface area contributed by atoms with E-state index in [9.17, 15) is 0 Å². The maximum absolute atomic E-state index is 5.35. The van der Waals surface area contributed by atoms with E-state index in [1.165, 1.54) is 0 Å². The van der Waals surface area contributed by atoms with Crippen LogP contribution in [0.5, 0.6) is 0 Å². The molecule has 0 spiro atoms. The Bertz CT molecular complexity index is 226. The highest BCUT2D eigenvalue weighted by molar-refractivity contribution is 5.29. The molecule has 4 heteroatoms. The van der Waals surface area contributed by atoms with Crippen molar-refractivity contribution in [3.63, 3.8) is 0 Å². The minimum absolute atomic E-state index is 0.281. The predicted molar refractivity (Wildman–Crippen MR) is 51.6 cm³/mol. The van der Waals surface area contributed by atoms with Gasteiger partial charge in [0.25, 0.3) is 0 Å². The Hall–Kier alpha value is -1.16. The van der Waals surface area contributed by atoms with Gasteiger partial charge in [0.05, 0.1) is 18.9 Å². The van der Waals surface area contributed by atoms with Crippen molar-refractivity contribution in [2.24, 2.45) is 0 Å². The Morgan fingerprint density at radius 3 is 2.92 bits per heavy atom. The summed E-state index contributed by atoms with van der Waals surface area (Å²) in [5, 5.41) is 3.10. The third-order valence-electron chi connectivity index (χ3n) is 1.42. The molecule has 0 unspecified atom stereocenters. The average molecular weight is 181 g/mol. The average Bonchev–Trinajstić information content (AvgIpc) is 2.14. The predicted octanol–water partition coefficient (Wildman–Crippen LogP) is 1.31. The molecular weight excluding hydrogens is 166 g/mol. The second-order valence-electron chi connectivity index (χ2n) is 2.94. The lowest BCUT2D eigenvalue weighted by molar-refractivity contribution is 0.0870. The fourth-order valence-electron chi connectivity index (χ4n) is 0.864. The van der Waals surface area contributed by atoms with Gasteiger partial charge in [0.15, 0.2) is 0 Å². The molecule has 0 saturated carbocycles. The second-order valence-corrected chi connectivity index (χ2v) is 2.94. The highest BCUT2D eigenvalue weighted by atomic mass is 16.5. The van der Waals surface area contributed by atoms with E-state index in [1.54, 1.807) is 18.6 Å². The van der Waals surface area contributed by atoms with Crippen molar-refractivity contribution < 1.29 is 4.74 Å². The molecule has 0 aliphatic rings. The molecule has 0 aliphatic heterocycles. The van der Waals surface area contributed by atoms with Crippen LogP contribution in [0.1, 0.15) is 13.8 Å². The lowest BCUT2D eigenvalue weighted by Gasteiger charge is -2.08. The van der Waals surface area contributed by atoms with Gasteiger partial charge in [-0.25, -0.2) is 4.98 Å². The van der Waals surface area contributed by atoms with Crippen LogP contribution in [0, 0.1) is 0 Å². The van der Waals surface area contributed by atoms with Crippen LogP contribution in [0.15, 0.2) is 18.6 Å².